The van der Waals surface area contributed by atoms with Crippen LogP contribution < -0.4 is 10.2 Å². The van der Waals surface area contributed by atoms with Crippen molar-refractivity contribution in [3.05, 3.63) is 29.8 Å². The third kappa shape index (κ3) is 1.94. The smallest absolute Gasteiger partial charge is 0.0398 e. The Morgan fingerprint density at radius 1 is 1.12 bits per heavy atom. The number of benzene rings is 1. The van der Waals surface area contributed by atoms with Crippen LogP contribution in [0.25, 0.3) is 0 Å². The SMILES string of the molecule is c1ccc(N2CCCC2)c(CC2CNC2)c1. The highest BCUT2D eigenvalue weighted by Crippen LogP contribution is 2.27. The molecule has 1 aromatic carbocycles. The first-order valence-corrected chi connectivity index (χ1v) is 6.47. The molecule has 0 amide bonds. The molecule has 0 spiro atoms. The van der Waals surface area contributed by atoms with Crippen molar-refractivity contribution in [3.8, 4) is 0 Å². The van der Waals surface area contributed by atoms with Gasteiger partial charge >= 0.3 is 0 Å². The van der Waals surface area contributed by atoms with Crippen LogP contribution in [-0.2, 0) is 6.42 Å². The van der Waals surface area contributed by atoms with Gasteiger partial charge in [0.25, 0.3) is 0 Å². The van der Waals surface area contributed by atoms with Crippen LogP contribution in [0.3, 0.4) is 0 Å². The molecule has 0 atom stereocenters. The first-order chi connectivity index (χ1) is 7.93. The van der Waals surface area contributed by atoms with Crippen LogP contribution in [0.1, 0.15) is 18.4 Å². The van der Waals surface area contributed by atoms with E-state index in [0.717, 1.165) is 5.92 Å². The highest BCUT2D eigenvalue weighted by atomic mass is 15.1. The van der Waals surface area contributed by atoms with Gasteiger partial charge in [-0.15, -0.1) is 0 Å². The maximum absolute atomic E-state index is 3.36. The Hall–Kier alpha value is -1.02. The molecule has 16 heavy (non-hydrogen) atoms. The minimum Gasteiger partial charge on any atom is -0.371 e. The number of anilines is 1. The van der Waals surface area contributed by atoms with Crippen LogP contribution in [0, 0.1) is 5.92 Å². The molecule has 2 nitrogen and oxygen atoms in total. The highest BCUT2D eigenvalue weighted by molar-refractivity contribution is 5.54. The molecule has 2 heteroatoms. The van der Waals surface area contributed by atoms with Gasteiger partial charge in [0.2, 0.25) is 0 Å². The summed E-state index contributed by atoms with van der Waals surface area (Å²) in [6, 6.07) is 8.97. The van der Waals surface area contributed by atoms with Crippen LogP contribution in [0.5, 0.6) is 0 Å². The van der Waals surface area contributed by atoms with E-state index in [9.17, 15) is 0 Å². The molecule has 2 aliphatic rings. The van der Waals surface area contributed by atoms with Gasteiger partial charge in [0.1, 0.15) is 0 Å². The Morgan fingerprint density at radius 3 is 2.56 bits per heavy atom. The van der Waals surface area contributed by atoms with Crippen LogP contribution >= 0.6 is 0 Å². The third-order valence-corrected chi connectivity index (χ3v) is 3.81. The van der Waals surface area contributed by atoms with Crippen LogP contribution in [0.15, 0.2) is 24.3 Å². The van der Waals surface area contributed by atoms with E-state index in [-0.39, 0.29) is 0 Å². The summed E-state index contributed by atoms with van der Waals surface area (Å²) in [5.74, 6) is 0.865. The van der Waals surface area contributed by atoms with Crippen molar-refractivity contribution in [1.82, 2.24) is 5.32 Å². The molecule has 0 aliphatic carbocycles. The fourth-order valence-corrected chi connectivity index (χ4v) is 2.75. The Morgan fingerprint density at radius 2 is 1.88 bits per heavy atom. The maximum atomic E-state index is 3.36. The molecule has 0 saturated carbocycles. The van der Waals surface area contributed by atoms with Gasteiger partial charge in [-0.1, -0.05) is 18.2 Å². The zero-order valence-corrected chi connectivity index (χ0v) is 9.78. The van der Waals surface area contributed by atoms with Crippen LogP contribution in [-0.4, -0.2) is 26.2 Å². The van der Waals surface area contributed by atoms with E-state index in [1.54, 1.807) is 5.56 Å². The number of hydrogen-bond donors (Lipinski definition) is 1. The van der Waals surface area contributed by atoms with Gasteiger partial charge < -0.3 is 10.2 Å². The molecule has 0 aromatic heterocycles. The lowest BCUT2D eigenvalue weighted by atomic mass is 9.93. The molecule has 0 unspecified atom stereocenters. The molecular weight excluding hydrogens is 196 g/mol. The van der Waals surface area contributed by atoms with Gasteiger partial charge in [-0.25, -0.2) is 0 Å². The van der Waals surface area contributed by atoms with E-state index < -0.39 is 0 Å². The van der Waals surface area contributed by atoms with Gasteiger partial charge in [-0.3, -0.25) is 0 Å². The zero-order valence-electron chi connectivity index (χ0n) is 9.78. The Bertz CT molecular complexity index is 352. The molecule has 1 aromatic rings. The van der Waals surface area contributed by atoms with Crippen molar-refractivity contribution < 1.29 is 0 Å². The molecule has 2 aliphatic heterocycles. The summed E-state index contributed by atoms with van der Waals surface area (Å²) in [6.45, 7) is 4.91. The highest BCUT2D eigenvalue weighted by Gasteiger charge is 2.20. The largest absolute Gasteiger partial charge is 0.371 e. The number of para-hydroxylation sites is 1. The molecule has 2 fully saturated rings. The average molecular weight is 216 g/mol. The minimum absolute atomic E-state index is 0.865. The van der Waals surface area contributed by atoms with E-state index in [4.69, 9.17) is 0 Å². The van der Waals surface area contributed by atoms with E-state index in [2.05, 4.69) is 34.5 Å². The second-order valence-electron chi connectivity index (χ2n) is 5.05. The van der Waals surface area contributed by atoms with Gasteiger partial charge in [0.05, 0.1) is 0 Å². The Kier molecular flexibility index (Phi) is 2.83. The summed E-state index contributed by atoms with van der Waals surface area (Å²) in [5.41, 5.74) is 3.04. The average Bonchev–Trinajstić information content (AvgIpc) is 2.77. The maximum Gasteiger partial charge on any atom is 0.0398 e. The Labute approximate surface area is 97.6 Å². The van der Waals surface area contributed by atoms with Crippen molar-refractivity contribution in [1.29, 1.82) is 0 Å². The molecule has 0 bridgehead atoms. The van der Waals surface area contributed by atoms with E-state index in [1.165, 1.54) is 51.1 Å². The summed E-state index contributed by atoms with van der Waals surface area (Å²) in [7, 11) is 0. The third-order valence-electron chi connectivity index (χ3n) is 3.81. The molecule has 0 radical (unpaired) electrons. The lowest BCUT2D eigenvalue weighted by Gasteiger charge is -2.29. The monoisotopic (exact) mass is 216 g/mol. The summed E-state index contributed by atoms with van der Waals surface area (Å²) >= 11 is 0. The lowest BCUT2D eigenvalue weighted by molar-refractivity contribution is 0.346. The molecular formula is C14H20N2. The first-order valence-electron chi connectivity index (χ1n) is 6.47. The van der Waals surface area contributed by atoms with Gasteiger partial charge in [-0.2, -0.15) is 0 Å². The second-order valence-corrected chi connectivity index (χ2v) is 5.05. The molecule has 2 heterocycles. The molecule has 2 saturated heterocycles. The number of nitrogens with one attached hydrogen (secondary N) is 1. The van der Waals surface area contributed by atoms with Crippen molar-refractivity contribution >= 4 is 5.69 Å². The quantitative estimate of drug-likeness (QED) is 0.832. The summed E-state index contributed by atoms with van der Waals surface area (Å²) in [4.78, 5) is 2.56. The molecule has 86 valence electrons. The fourth-order valence-electron chi connectivity index (χ4n) is 2.75. The van der Waals surface area contributed by atoms with Crippen molar-refractivity contribution in [3.63, 3.8) is 0 Å². The van der Waals surface area contributed by atoms with Crippen LogP contribution in [0.2, 0.25) is 0 Å². The lowest BCUT2D eigenvalue weighted by Crippen LogP contribution is -2.43. The fraction of sp³-hybridized carbons (Fsp3) is 0.571. The predicted molar refractivity (Wildman–Crippen MR) is 68.0 cm³/mol. The second kappa shape index (κ2) is 4.46. The standard InChI is InChI=1S/C14H20N2/c1-2-6-14(16-7-3-4-8-16)13(5-1)9-12-10-15-11-12/h1-2,5-6,12,15H,3-4,7-11H2. The minimum atomic E-state index is 0.865. The van der Waals surface area contributed by atoms with Crippen LogP contribution in [0.4, 0.5) is 5.69 Å². The number of nitrogens with zero attached hydrogens (tertiary/aromatic N) is 1. The van der Waals surface area contributed by atoms with E-state index >= 15 is 0 Å². The van der Waals surface area contributed by atoms with Gasteiger partial charge in [0, 0.05) is 18.8 Å². The first kappa shape index (κ1) is 10.2. The number of hydrogen-bond acceptors (Lipinski definition) is 2. The van der Waals surface area contributed by atoms with Crippen molar-refractivity contribution in [2.24, 2.45) is 5.92 Å². The van der Waals surface area contributed by atoms with Gasteiger partial charge in [-0.05, 0) is 49.9 Å². The van der Waals surface area contributed by atoms with E-state index in [0.29, 0.717) is 0 Å². The van der Waals surface area contributed by atoms with Crippen molar-refractivity contribution in [2.45, 2.75) is 19.3 Å². The van der Waals surface area contributed by atoms with E-state index in [1.807, 2.05) is 0 Å². The predicted octanol–water partition coefficient (Wildman–Crippen LogP) is 2.05. The molecule has 3 rings (SSSR count). The molecule has 1 N–H and O–H groups in total. The summed E-state index contributed by atoms with van der Waals surface area (Å²) in [5, 5.41) is 3.36. The topological polar surface area (TPSA) is 15.3 Å². The summed E-state index contributed by atoms with van der Waals surface area (Å²) in [6.07, 6.45) is 3.97. The van der Waals surface area contributed by atoms with Crippen molar-refractivity contribution in [2.75, 3.05) is 31.1 Å². The zero-order chi connectivity index (χ0) is 10.8. The Balaban J connectivity index is 1.78. The normalized spacial score (nSPS) is 21.1. The number of rotatable bonds is 3. The summed E-state index contributed by atoms with van der Waals surface area (Å²) < 4.78 is 0. The van der Waals surface area contributed by atoms with Gasteiger partial charge in [0.15, 0.2) is 0 Å².